The highest BCUT2D eigenvalue weighted by molar-refractivity contribution is 5.33. The standard InChI is InChI=1S/C14H7F5O/c15-8-7(9(16)11(18)12(19)10(8)17)14-13(20-14)6-4-2-1-3-5-6/h1-5,13-14H/t13-,14-/m1/s1. The van der Waals surface area contributed by atoms with E-state index in [2.05, 4.69) is 0 Å². The van der Waals surface area contributed by atoms with Gasteiger partial charge in [-0.15, -0.1) is 0 Å². The molecular weight excluding hydrogens is 279 g/mol. The molecule has 20 heavy (non-hydrogen) atoms. The van der Waals surface area contributed by atoms with Gasteiger partial charge in [0.25, 0.3) is 0 Å². The van der Waals surface area contributed by atoms with E-state index < -0.39 is 46.9 Å². The average Bonchev–Trinajstić information content (AvgIpc) is 3.24. The number of epoxide rings is 1. The van der Waals surface area contributed by atoms with Gasteiger partial charge in [0.05, 0.1) is 5.56 Å². The van der Waals surface area contributed by atoms with Gasteiger partial charge in [-0.25, -0.2) is 22.0 Å². The van der Waals surface area contributed by atoms with Gasteiger partial charge in [-0.3, -0.25) is 0 Å². The van der Waals surface area contributed by atoms with Crippen LogP contribution in [-0.4, -0.2) is 0 Å². The summed E-state index contributed by atoms with van der Waals surface area (Å²) < 4.78 is 71.4. The lowest BCUT2D eigenvalue weighted by Crippen LogP contribution is -2.06. The number of hydrogen-bond acceptors (Lipinski definition) is 1. The highest BCUT2D eigenvalue weighted by Crippen LogP contribution is 2.52. The minimum absolute atomic E-state index is 0.612. The van der Waals surface area contributed by atoms with Crippen LogP contribution < -0.4 is 0 Å². The van der Waals surface area contributed by atoms with Gasteiger partial charge in [-0.05, 0) is 5.56 Å². The lowest BCUT2D eigenvalue weighted by Gasteiger charge is -2.05. The zero-order valence-electron chi connectivity index (χ0n) is 9.84. The minimum atomic E-state index is -2.17. The van der Waals surface area contributed by atoms with Gasteiger partial charge in [-0.1, -0.05) is 30.3 Å². The molecule has 0 aromatic heterocycles. The van der Waals surface area contributed by atoms with Crippen molar-refractivity contribution in [1.82, 2.24) is 0 Å². The van der Waals surface area contributed by atoms with Crippen molar-refractivity contribution < 1.29 is 26.7 Å². The summed E-state index contributed by atoms with van der Waals surface area (Å²) in [7, 11) is 0. The maximum absolute atomic E-state index is 13.6. The van der Waals surface area contributed by atoms with E-state index in [1.165, 1.54) is 0 Å². The molecule has 1 nitrogen and oxygen atoms in total. The van der Waals surface area contributed by atoms with Crippen molar-refractivity contribution in [1.29, 1.82) is 0 Å². The van der Waals surface area contributed by atoms with Crippen LogP contribution in [0.2, 0.25) is 0 Å². The van der Waals surface area contributed by atoms with Crippen molar-refractivity contribution in [3.63, 3.8) is 0 Å². The first kappa shape index (κ1) is 13.1. The van der Waals surface area contributed by atoms with Crippen LogP contribution in [0.5, 0.6) is 0 Å². The maximum Gasteiger partial charge on any atom is 0.200 e. The molecule has 2 aromatic carbocycles. The van der Waals surface area contributed by atoms with Crippen LogP contribution in [0.3, 0.4) is 0 Å². The van der Waals surface area contributed by atoms with Crippen LogP contribution in [-0.2, 0) is 4.74 Å². The Morgan fingerprint density at radius 1 is 0.650 bits per heavy atom. The van der Waals surface area contributed by atoms with E-state index in [0.717, 1.165) is 0 Å². The Balaban J connectivity index is 2.02. The number of hydrogen-bond donors (Lipinski definition) is 0. The lowest BCUT2D eigenvalue weighted by molar-refractivity contribution is 0.339. The molecule has 1 saturated heterocycles. The van der Waals surface area contributed by atoms with E-state index in [-0.39, 0.29) is 0 Å². The average molecular weight is 286 g/mol. The van der Waals surface area contributed by atoms with Crippen molar-refractivity contribution in [2.45, 2.75) is 12.2 Å². The third-order valence-electron chi connectivity index (χ3n) is 3.15. The molecule has 0 saturated carbocycles. The summed E-state index contributed by atoms with van der Waals surface area (Å²) in [5, 5.41) is 0. The van der Waals surface area contributed by atoms with Crippen LogP contribution in [0, 0.1) is 29.1 Å². The van der Waals surface area contributed by atoms with Crippen molar-refractivity contribution >= 4 is 0 Å². The second-order valence-corrected chi connectivity index (χ2v) is 4.37. The number of rotatable bonds is 2. The molecule has 3 rings (SSSR count). The van der Waals surface area contributed by atoms with Crippen LogP contribution in [0.1, 0.15) is 23.3 Å². The SMILES string of the molecule is Fc1c(F)c(F)c([C@H]2O[C@@H]2c2ccccc2)c(F)c1F. The van der Waals surface area contributed by atoms with E-state index in [1.807, 2.05) is 0 Å². The minimum Gasteiger partial charge on any atom is -0.359 e. The Labute approximate surface area is 110 Å². The fourth-order valence-electron chi connectivity index (χ4n) is 2.10. The highest BCUT2D eigenvalue weighted by Gasteiger charge is 2.46. The smallest absolute Gasteiger partial charge is 0.200 e. The topological polar surface area (TPSA) is 12.5 Å². The second-order valence-electron chi connectivity index (χ2n) is 4.37. The first-order chi connectivity index (χ1) is 9.52. The van der Waals surface area contributed by atoms with E-state index in [0.29, 0.717) is 5.56 Å². The first-order valence-corrected chi connectivity index (χ1v) is 5.74. The quantitative estimate of drug-likeness (QED) is 0.349. The van der Waals surface area contributed by atoms with Gasteiger partial charge >= 0.3 is 0 Å². The first-order valence-electron chi connectivity index (χ1n) is 5.74. The van der Waals surface area contributed by atoms with Crippen molar-refractivity contribution in [2.24, 2.45) is 0 Å². The Morgan fingerprint density at radius 3 is 1.70 bits per heavy atom. The van der Waals surface area contributed by atoms with Crippen LogP contribution >= 0.6 is 0 Å². The molecule has 1 fully saturated rings. The van der Waals surface area contributed by atoms with Gasteiger partial charge in [0.15, 0.2) is 23.3 Å². The van der Waals surface area contributed by atoms with Crippen LogP contribution in [0.25, 0.3) is 0 Å². The fraction of sp³-hybridized carbons (Fsp3) is 0.143. The molecule has 104 valence electrons. The summed E-state index contributed by atoms with van der Waals surface area (Å²) in [6.45, 7) is 0. The lowest BCUT2D eigenvalue weighted by atomic mass is 10.0. The fourth-order valence-corrected chi connectivity index (χ4v) is 2.10. The predicted octanol–water partition coefficient (Wildman–Crippen LogP) is 4.19. The molecule has 0 N–H and O–H groups in total. The highest BCUT2D eigenvalue weighted by atomic mass is 19.2. The summed E-state index contributed by atoms with van der Waals surface area (Å²) in [6.07, 6.45) is -1.87. The molecule has 6 heteroatoms. The van der Waals surface area contributed by atoms with E-state index in [1.54, 1.807) is 30.3 Å². The summed E-state index contributed by atoms with van der Waals surface area (Å²) in [5.74, 6) is -9.77. The van der Waals surface area contributed by atoms with E-state index in [4.69, 9.17) is 4.74 Å². The number of ether oxygens (including phenoxy) is 1. The molecule has 0 radical (unpaired) electrons. The summed E-state index contributed by atoms with van der Waals surface area (Å²) in [6, 6.07) is 8.41. The molecule has 0 unspecified atom stereocenters. The van der Waals surface area contributed by atoms with Crippen LogP contribution in [0.15, 0.2) is 30.3 Å². The predicted molar refractivity (Wildman–Crippen MR) is 59.2 cm³/mol. The monoisotopic (exact) mass is 286 g/mol. The Morgan fingerprint density at radius 2 is 1.15 bits per heavy atom. The second kappa shape index (κ2) is 4.56. The number of halogens is 5. The maximum atomic E-state index is 13.6. The normalized spacial score (nSPS) is 21.1. The largest absolute Gasteiger partial charge is 0.359 e. The molecule has 2 atom stereocenters. The number of benzene rings is 2. The van der Waals surface area contributed by atoms with Gasteiger partial charge in [-0.2, -0.15) is 0 Å². The van der Waals surface area contributed by atoms with Crippen molar-refractivity contribution in [2.75, 3.05) is 0 Å². The molecule has 0 amide bonds. The van der Waals surface area contributed by atoms with E-state index >= 15 is 0 Å². The van der Waals surface area contributed by atoms with Gasteiger partial charge in [0.1, 0.15) is 12.2 Å². The summed E-state index contributed by atoms with van der Waals surface area (Å²) in [5.41, 5.74) is -0.309. The van der Waals surface area contributed by atoms with Gasteiger partial charge in [0.2, 0.25) is 5.82 Å². The Hall–Kier alpha value is -1.95. The zero-order valence-corrected chi connectivity index (χ0v) is 9.84. The van der Waals surface area contributed by atoms with Crippen LogP contribution in [0.4, 0.5) is 22.0 Å². The zero-order chi connectivity index (χ0) is 14.4. The Kier molecular flexibility index (Phi) is 2.97. The van der Waals surface area contributed by atoms with Gasteiger partial charge in [0, 0.05) is 0 Å². The van der Waals surface area contributed by atoms with Crippen molar-refractivity contribution in [3.05, 3.63) is 70.5 Å². The molecule has 0 bridgehead atoms. The molecule has 0 spiro atoms. The molecule has 1 aliphatic heterocycles. The molecular formula is C14H7F5O. The summed E-state index contributed by atoms with van der Waals surface area (Å²) >= 11 is 0. The Bertz CT molecular complexity index is 642. The molecule has 1 heterocycles. The third kappa shape index (κ3) is 1.87. The molecule has 0 aliphatic carbocycles. The molecule has 1 aliphatic rings. The third-order valence-corrected chi connectivity index (χ3v) is 3.15. The van der Waals surface area contributed by atoms with E-state index in [9.17, 15) is 22.0 Å². The van der Waals surface area contributed by atoms with Gasteiger partial charge < -0.3 is 4.74 Å². The summed E-state index contributed by atoms with van der Waals surface area (Å²) in [4.78, 5) is 0. The van der Waals surface area contributed by atoms with Crippen molar-refractivity contribution in [3.8, 4) is 0 Å². The molecule has 2 aromatic rings.